The zero-order chi connectivity index (χ0) is 13.5. The van der Waals surface area contributed by atoms with Crippen molar-refractivity contribution in [1.82, 2.24) is 4.90 Å². The lowest BCUT2D eigenvalue weighted by Gasteiger charge is -2.18. The van der Waals surface area contributed by atoms with Crippen molar-refractivity contribution < 1.29 is 14.7 Å². The van der Waals surface area contributed by atoms with Crippen molar-refractivity contribution in [3.63, 3.8) is 0 Å². The van der Waals surface area contributed by atoms with E-state index in [2.05, 4.69) is 6.58 Å². The standard InChI is InChI=1S/C13H14ClNO3/c1-2-7-15(9-13(17)18)12(16)8-10-3-5-11(14)6-4-10/h2-6H,1,7-9H2,(H,17,18). The number of carbonyl (C=O) groups is 2. The summed E-state index contributed by atoms with van der Waals surface area (Å²) in [5.74, 6) is -1.29. The first-order valence-corrected chi connectivity index (χ1v) is 5.75. The average Bonchev–Trinajstić information content (AvgIpc) is 2.31. The number of carboxylic acid groups (broad SMARTS) is 1. The first-order valence-electron chi connectivity index (χ1n) is 5.38. The first-order chi connectivity index (χ1) is 8.52. The molecular weight excluding hydrogens is 254 g/mol. The van der Waals surface area contributed by atoms with Crippen LogP contribution in [0.1, 0.15) is 5.56 Å². The van der Waals surface area contributed by atoms with E-state index < -0.39 is 5.97 Å². The van der Waals surface area contributed by atoms with Gasteiger partial charge in [0, 0.05) is 11.6 Å². The van der Waals surface area contributed by atoms with Crippen molar-refractivity contribution in [2.45, 2.75) is 6.42 Å². The molecule has 1 amide bonds. The predicted octanol–water partition coefficient (Wildman–Crippen LogP) is 1.98. The van der Waals surface area contributed by atoms with Crippen molar-refractivity contribution in [1.29, 1.82) is 0 Å². The molecule has 0 spiro atoms. The topological polar surface area (TPSA) is 57.6 Å². The van der Waals surface area contributed by atoms with Crippen LogP contribution in [0.4, 0.5) is 0 Å². The second-order valence-electron chi connectivity index (χ2n) is 3.76. The number of carboxylic acids is 1. The van der Waals surface area contributed by atoms with Crippen molar-refractivity contribution in [2.24, 2.45) is 0 Å². The van der Waals surface area contributed by atoms with Gasteiger partial charge in [-0.05, 0) is 17.7 Å². The maximum absolute atomic E-state index is 11.9. The van der Waals surface area contributed by atoms with Gasteiger partial charge in [0.15, 0.2) is 0 Å². The zero-order valence-electron chi connectivity index (χ0n) is 9.80. The molecule has 1 N–H and O–H groups in total. The molecule has 0 unspecified atom stereocenters. The highest BCUT2D eigenvalue weighted by Gasteiger charge is 2.15. The lowest BCUT2D eigenvalue weighted by atomic mass is 10.1. The normalized spacial score (nSPS) is 9.83. The lowest BCUT2D eigenvalue weighted by Crippen LogP contribution is -2.36. The van der Waals surface area contributed by atoms with E-state index in [9.17, 15) is 9.59 Å². The molecule has 0 bridgehead atoms. The van der Waals surface area contributed by atoms with Crippen LogP contribution in [0.3, 0.4) is 0 Å². The van der Waals surface area contributed by atoms with Crippen LogP contribution in [0.15, 0.2) is 36.9 Å². The average molecular weight is 268 g/mol. The summed E-state index contributed by atoms with van der Waals surface area (Å²) in [6.07, 6.45) is 1.65. The van der Waals surface area contributed by atoms with Gasteiger partial charge in [-0.15, -0.1) is 6.58 Å². The summed E-state index contributed by atoms with van der Waals surface area (Å²) in [6.45, 7) is 3.40. The summed E-state index contributed by atoms with van der Waals surface area (Å²) in [7, 11) is 0. The Balaban J connectivity index is 2.68. The van der Waals surface area contributed by atoms with Gasteiger partial charge >= 0.3 is 5.97 Å². The van der Waals surface area contributed by atoms with Crippen LogP contribution >= 0.6 is 11.6 Å². The van der Waals surface area contributed by atoms with E-state index in [0.717, 1.165) is 5.56 Å². The number of halogens is 1. The highest BCUT2D eigenvalue weighted by atomic mass is 35.5. The summed E-state index contributed by atoms with van der Waals surface area (Å²) in [5.41, 5.74) is 0.795. The summed E-state index contributed by atoms with van der Waals surface area (Å²) in [6, 6.07) is 6.87. The van der Waals surface area contributed by atoms with Gasteiger partial charge < -0.3 is 10.0 Å². The van der Waals surface area contributed by atoms with Crippen LogP contribution in [0.25, 0.3) is 0 Å². The van der Waals surface area contributed by atoms with Crippen LogP contribution in [0, 0.1) is 0 Å². The Morgan fingerprint density at radius 2 is 1.94 bits per heavy atom. The number of benzene rings is 1. The third-order valence-corrected chi connectivity index (χ3v) is 2.55. The number of nitrogens with zero attached hydrogens (tertiary/aromatic N) is 1. The molecular formula is C13H14ClNO3. The Hall–Kier alpha value is -1.81. The molecule has 0 aliphatic rings. The molecule has 1 aromatic rings. The van der Waals surface area contributed by atoms with E-state index in [1.165, 1.54) is 11.0 Å². The Morgan fingerprint density at radius 1 is 1.33 bits per heavy atom. The molecule has 1 aromatic carbocycles. The Bertz CT molecular complexity index is 442. The van der Waals surface area contributed by atoms with E-state index in [4.69, 9.17) is 16.7 Å². The SMILES string of the molecule is C=CCN(CC(=O)O)C(=O)Cc1ccc(Cl)cc1. The Morgan fingerprint density at radius 3 is 2.44 bits per heavy atom. The quantitative estimate of drug-likeness (QED) is 0.802. The van der Waals surface area contributed by atoms with Crippen molar-refractivity contribution in [2.75, 3.05) is 13.1 Å². The van der Waals surface area contributed by atoms with Crippen LogP contribution in [-0.2, 0) is 16.0 Å². The fourth-order valence-corrected chi connectivity index (χ4v) is 1.59. The van der Waals surface area contributed by atoms with E-state index in [-0.39, 0.29) is 25.4 Å². The highest BCUT2D eigenvalue weighted by Crippen LogP contribution is 2.10. The smallest absolute Gasteiger partial charge is 0.323 e. The van der Waals surface area contributed by atoms with Crippen molar-refractivity contribution in [3.8, 4) is 0 Å². The molecule has 18 heavy (non-hydrogen) atoms. The number of aliphatic carboxylic acids is 1. The minimum absolute atomic E-state index is 0.151. The molecule has 0 fully saturated rings. The van der Waals surface area contributed by atoms with Crippen LogP contribution in [0.5, 0.6) is 0 Å². The van der Waals surface area contributed by atoms with Crippen LogP contribution < -0.4 is 0 Å². The Labute approximate surface area is 110 Å². The third kappa shape index (κ3) is 4.59. The third-order valence-electron chi connectivity index (χ3n) is 2.30. The summed E-state index contributed by atoms with van der Waals surface area (Å²) in [4.78, 5) is 23.8. The molecule has 0 atom stereocenters. The van der Waals surface area contributed by atoms with E-state index >= 15 is 0 Å². The second-order valence-corrected chi connectivity index (χ2v) is 4.20. The van der Waals surface area contributed by atoms with Gasteiger partial charge in [-0.2, -0.15) is 0 Å². The number of hydrogen-bond donors (Lipinski definition) is 1. The monoisotopic (exact) mass is 267 g/mol. The van der Waals surface area contributed by atoms with Crippen molar-refractivity contribution in [3.05, 3.63) is 47.5 Å². The number of rotatable bonds is 6. The number of carbonyl (C=O) groups excluding carboxylic acids is 1. The zero-order valence-corrected chi connectivity index (χ0v) is 10.6. The molecule has 0 aromatic heterocycles. The van der Waals surface area contributed by atoms with Gasteiger partial charge in [0.1, 0.15) is 6.54 Å². The highest BCUT2D eigenvalue weighted by molar-refractivity contribution is 6.30. The number of amides is 1. The molecule has 0 aliphatic carbocycles. The maximum atomic E-state index is 11.9. The first kappa shape index (κ1) is 14.3. The summed E-state index contributed by atoms with van der Waals surface area (Å²) >= 11 is 5.74. The number of hydrogen-bond acceptors (Lipinski definition) is 2. The van der Waals surface area contributed by atoms with Gasteiger partial charge in [0.2, 0.25) is 5.91 Å². The molecule has 5 heteroatoms. The van der Waals surface area contributed by atoms with Gasteiger partial charge in [-0.25, -0.2) is 0 Å². The lowest BCUT2D eigenvalue weighted by molar-refractivity contribution is -0.143. The molecule has 0 saturated heterocycles. The minimum Gasteiger partial charge on any atom is -0.480 e. The van der Waals surface area contributed by atoms with E-state index in [1.54, 1.807) is 24.3 Å². The molecule has 0 heterocycles. The second kappa shape index (κ2) is 6.81. The largest absolute Gasteiger partial charge is 0.480 e. The van der Waals surface area contributed by atoms with Gasteiger partial charge in [0.25, 0.3) is 0 Å². The predicted molar refractivity (Wildman–Crippen MR) is 69.6 cm³/mol. The molecule has 1 rings (SSSR count). The minimum atomic E-state index is -1.04. The summed E-state index contributed by atoms with van der Waals surface area (Å²) in [5, 5.41) is 9.31. The van der Waals surface area contributed by atoms with Gasteiger partial charge in [-0.3, -0.25) is 9.59 Å². The molecule has 4 nitrogen and oxygen atoms in total. The molecule has 0 saturated carbocycles. The van der Waals surface area contributed by atoms with Crippen molar-refractivity contribution >= 4 is 23.5 Å². The van der Waals surface area contributed by atoms with E-state index in [0.29, 0.717) is 5.02 Å². The Kier molecular flexibility index (Phi) is 5.39. The molecule has 0 radical (unpaired) electrons. The van der Waals surface area contributed by atoms with E-state index in [1.807, 2.05) is 0 Å². The molecule has 96 valence electrons. The van der Waals surface area contributed by atoms with Gasteiger partial charge in [0.05, 0.1) is 6.42 Å². The fourth-order valence-electron chi connectivity index (χ4n) is 1.46. The molecule has 0 aliphatic heterocycles. The van der Waals surface area contributed by atoms with Crippen LogP contribution in [-0.4, -0.2) is 35.0 Å². The fraction of sp³-hybridized carbons (Fsp3) is 0.231. The summed E-state index contributed by atoms with van der Waals surface area (Å²) < 4.78 is 0. The van der Waals surface area contributed by atoms with Crippen LogP contribution in [0.2, 0.25) is 5.02 Å². The maximum Gasteiger partial charge on any atom is 0.323 e. The van der Waals surface area contributed by atoms with Gasteiger partial charge in [-0.1, -0.05) is 29.8 Å².